The topological polar surface area (TPSA) is 12.5 Å². The summed E-state index contributed by atoms with van der Waals surface area (Å²) >= 11 is 0. The van der Waals surface area contributed by atoms with Gasteiger partial charge in [-0.2, -0.15) is 0 Å². The average Bonchev–Trinajstić information content (AvgIpc) is 2.29. The van der Waals surface area contributed by atoms with Crippen molar-refractivity contribution >= 4 is 0 Å². The summed E-state index contributed by atoms with van der Waals surface area (Å²) in [6.45, 7) is 14.8. The van der Waals surface area contributed by atoms with Crippen LogP contribution in [0.2, 0.25) is 0 Å². The normalized spacial score (nSPS) is 10.5. The first-order valence-corrected chi connectivity index (χ1v) is 6.93. The molecule has 0 saturated heterocycles. The van der Waals surface area contributed by atoms with Gasteiger partial charge in [0, 0.05) is 13.2 Å². The van der Waals surface area contributed by atoms with E-state index in [1.165, 1.54) is 25.8 Å². The molecule has 0 aliphatic carbocycles. The second kappa shape index (κ2) is 14.9. The van der Waals surface area contributed by atoms with E-state index < -0.39 is 0 Å². The lowest BCUT2D eigenvalue weighted by Gasteiger charge is -2.17. The maximum absolute atomic E-state index is 5.51. The van der Waals surface area contributed by atoms with Crippen LogP contribution in [0.25, 0.3) is 0 Å². The Balaban J connectivity index is 0. The smallest absolute Gasteiger partial charge is 0.0593 e. The van der Waals surface area contributed by atoms with Crippen molar-refractivity contribution in [2.45, 2.75) is 53.9 Å². The van der Waals surface area contributed by atoms with Gasteiger partial charge in [0.15, 0.2) is 0 Å². The molecule has 0 atom stereocenters. The molecular formula is C14H33NO. The van der Waals surface area contributed by atoms with Crippen LogP contribution in [-0.2, 0) is 4.74 Å². The third kappa shape index (κ3) is 16.4. The SMILES string of the molecule is CC.CCCCOCCN(C)CCC(C)C. The molecule has 0 amide bonds. The van der Waals surface area contributed by atoms with Crippen LogP contribution in [-0.4, -0.2) is 38.3 Å². The maximum atomic E-state index is 5.51. The minimum absolute atomic E-state index is 0.804. The number of likely N-dealkylation sites (N-methyl/N-ethyl adjacent to an activating group) is 1. The van der Waals surface area contributed by atoms with E-state index in [-0.39, 0.29) is 0 Å². The van der Waals surface area contributed by atoms with Gasteiger partial charge in [-0.15, -0.1) is 0 Å². The van der Waals surface area contributed by atoms with Crippen molar-refractivity contribution in [3.05, 3.63) is 0 Å². The van der Waals surface area contributed by atoms with Gasteiger partial charge < -0.3 is 9.64 Å². The largest absolute Gasteiger partial charge is 0.380 e. The molecule has 16 heavy (non-hydrogen) atoms. The van der Waals surface area contributed by atoms with Crippen LogP contribution in [0.5, 0.6) is 0 Å². The average molecular weight is 231 g/mol. The molecule has 0 fully saturated rings. The van der Waals surface area contributed by atoms with Crippen LogP contribution >= 0.6 is 0 Å². The zero-order chi connectivity index (χ0) is 12.8. The Morgan fingerprint density at radius 2 is 1.69 bits per heavy atom. The van der Waals surface area contributed by atoms with Gasteiger partial charge in [-0.1, -0.05) is 41.0 Å². The molecular weight excluding hydrogens is 198 g/mol. The Morgan fingerprint density at radius 1 is 1.06 bits per heavy atom. The first kappa shape index (κ1) is 18.3. The van der Waals surface area contributed by atoms with Crippen molar-refractivity contribution < 1.29 is 4.74 Å². The maximum Gasteiger partial charge on any atom is 0.0593 e. The predicted molar refractivity (Wildman–Crippen MR) is 74.0 cm³/mol. The van der Waals surface area contributed by atoms with E-state index in [1.807, 2.05) is 13.8 Å². The Hall–Kier alpha value is -0.0800. The zero-order valence-corrected chi connectivity index (χ0v) is 12.4. The molecule has 0 radical (unpaired) electrons. The Labute approximate surface area is 103 Å². The van der Waals surface area contributed by atoms with E-state index in [4.69, 9.17) is 4.74 Å². The Bertz CT molecular complexity index is 115. The number of hydrogen-bond donors (Lipinski definition) is 0. The summed E-state index contributed by atoms with van der Waals surface area (Å²) in [6.07, 6.45) is 3.70. The minimum atomic E-state index is 0.804. The molecule has 0 aromatic rings. The van der Waals surface area contributed by atoms with E-state index >= 15 is 0 Å². The molecule has 0 aromatic carbocycles. The highest BCUT2D eigenvalue weighted by Crippen LogP contribution is 2.00. The van der Waals surface area contributed by atoms with Crippen LogP contribution in [0.4, 0.5) is 0 Å². The van der Waals surface area contributed by atoms with Crippen LogP contribution in [0.15, 0.2) is 0 Å². The lowest BCUT2D eigenvalue weighted by atomic mass is 10.1. The lowest BCUT2D eigenvalue weighted by molar-refractivity contribution is 0.108. The molecule has 0 spiro atoms. The highest BCUT2D eigenvalue weighted by Gasteiger charge is 1.99. The van der Waals surface area contributed by atoms with Crippen molar-refractivity contribution in [3.63, 3.8) is 0 Å². The van der Waals surface area contributed by atoms with Gasteiger partial charge in [0.1, 0.15) is 0 Å². The third-order valence-electron chi connectivity index (χ3n) is 2.35. The molecule has 0 aliphatic heterocycles. The molecule has 0 aliphatic rings. The number of hydrogen-bond acceptors (Lipinski definition) is 2. The molecule has 0 aromatic heterocycles. The van der Waals surface area contributed by atoms with E-state index in [9.17, 15) is 0 Å². The molecule has 0 unspecified atom stereocenters. The van der Waals surface area contributed by atoms with E-state index in [0.717, 1.165) is 25.7 Å². The van der Waals surface area contributed by atoms with Crippen LogP contribution in [0, 0.1) is 5.92 Å². The number of rotatable bonds is 9. The predicted octanol–water partition coefficient (Wildman–Crippen LogP) is 3.81. The molecule has 0 bridgehead atoms. The molecule has 2 heteroatoms. The van der Waals surface area contributed by atoms with E-state index in [2.05, 4.69) is 32.7 Å². The van der Waals surface area contributed by atoms with Crippen molar-refractivity contribution in [2.75, 3.05) is 33.4 Å². The Morgan fingerprint density at radius 3 is 2.19 bits per heavy atom. The first-order chi connectivity index (χ1) is 7.66. The van der Waals surface area contributed by atoms with Crippen LogP contribution < -0.4 is 0 Å². The number of ether oxygens (including phenoxy) is 1. The fourth-order valence-corrected chi connectivity index (χ4v) is 1.16. The summed E-state index contributed by atoms with van der Waals surface area (Å²) in [6, 6.07) is 0. The summed E-state index contributed by atoms with van der Waals surface area (Å²) in [5, 5.41) is 0. The summed E-state index contributed by atoms with van der Waals surface area (Å²) < 4.78 is 5.51. The van der Waals surface area contributed by atoms with Crippen molar-refractivity contribution in [2.24, 2.45) is 5.92 Å². The van der Waals surface area contributed by atoms with E-state index in [1.54, 1.807) is 0 Å². The molecule has 0 saturated carbocycles. The lowest BCUT2D eigenvalue weighted by Crippen LogP contribution is -2.25. The van der Waals surface area contributed by atoms with E-state index in [0.29, 0.717) is 0 Å². The number of unbranched alkanes of at least 4 members (excludes halogenated alkanes) is 1. The van der Waals surface area contributed by atoms with Gasteiger partial charge >= 0.3 is 0 Å². The molecule has 2 nitrogen and oxygen atoms in total. The summed E-state index contributed by atoms with van der Waals surface area (Å²) in [7, 11) is 2.17. The summed E-state index contributed by atoms with van der Waals surface area (Å²) in [4.78, 5) is 2.35. The quantitative estimate of drug-likeness (QED) is 0.560. The minimum Gasteiger partial charge on any atom is -0.380 e. The third-order valence-corrected chi connectivity index (χ3v) is 2.35. The van der Waals surface area contributed by atoms with Gasteiger partial charge in [0.2, 0.25) is 0 Å². The number of nitrogens with zero attached hydrogens (tertiary/aromatic N) is 1. The standard InChI is InChI=1S/C12H27NO.C2H6/c1-5-6-10-14-11-9-13(4)8-7-12(2)3;1-2/h12H,5-11H2,1-4H3;1-2H3. The highest BCUT2D eigenvalue weighted by atomic mass is 16.5. The second-order valence-electron chi connectivity index (χ2n) is 4.45. The van der Waals surface area contributed by atoms with Crippen molar-refractivity contribution in [3.8, 4) is 0 Å². The highest BCUT2D eigenvalue weighted by molar-refractivity contribution is 4.53. The summed E-state index contributed by atoms with van der Waals surface area (Å²) in [5.41, 5.74) is 0. The zero-order valence-electron chi connectivity index (χ0n) is 12.4. The Kier molecular flexibility index (Phi) is 17.1. The van der Waals surface area contributed by atoms with Crippen molar-refractivity contribution in [1.82, 2.24) is 4.90 Å². The molecule has 0 rings (SSSR count). The monoisotopic (exact) mass is 231 g/mol. The summed E-state index contributed by atoms with van der Waals surface area (Å²) in [5.74, 6) is 0.804. The molecule has 0 N–H and O–H groups in total. The van der Waals surface area contributed by atoms with Gasteiger partial charge in [-0.05, 0) is 32.4 Å². The van der Waals surface area contributed by atoms with Crippen molar-refractivity contribution in [1.29, 1.82) is 0 Å². The van der Waals surface area contributed by atoms with Crippen LogP contribution in [0.1, 0.15) is 53.9 Å². The first-order valence-electron chi connectivity index (χ1n) is 6.93. The van der Waals surface area contributed by atoms with Gasteiger partial charge in [-0.3, -0.25) is 0 Å². The fraction of sp³-hybridized carbons (Fsp3) is 1.00. The van der Waals surface area contributed by atoms with Gasteiger partial charge in [0.05, 0.1) is 6.61 Å². The van der Waals surface area contributed by atoms with Gasteiger partial charge in [-0.25, -0.2) is 0 Å². The molecule has 100 valence electrons. The molecule has 0 heterocycles. The van der Waals surface area contributed by atoms with Gasteiger partial charge in [0.25, 0.3) is 0 Å². The second-order valence-corrected chi connectivity index (χ2v) is 4.45. The fourth-order valence-electron chi connectivity index (χ4n) is 1.16. The van der Waals surface area contributed by atoms with Crippen LogP contribution in [0.3, 0.4) is 0 Å².